The molecule has 3 N–H and O–H groups in total. The number of pyridine rings is 1. The summed E-state index contributed by atoms with van der Waals surface area (Å²) < 4.78 is 1.76. The van der Waals surface area contributed by atoms with Crippen LogP contribution in [-0.4, -0.2) is 21.3 Å². The molecule has 0 amide bonds. The molecule has 0 aliphatic rings. The molecule has 6 nitrogen and oxygen atoms in total. The second kappa shape index (κ2) is 5.40. The number of nitrogens with zero attached hydrogens (tertiary/aromatic N) is 4. The molecule has 2 aromatic heterocycles. The van der Waals surface area contributed by atoms with E-state index in [9.17, 15) is 0 Å². The molecule has 0 aliphatic heterocycles. The highest BCUT2D eigenvalue weighted by Gasteiger charge is 2.07. The van der Waals surface area contributed by atoms with Gasteiger partial charge in [-0.05, 0) is 19.9 Å². The van der Waals surface area contributed by atoms with Crippen LogP contribution >= 0.6 is 0 Å². The van der Waals surface area contributed by atoms with E-state index in [4.69, 9.17) is 11.0 Å². The third-order valence-corrected chi connectivity index (χ3v) is 2.75. The van der Waals surface area contributed by atoms with E-state index < -0.39 is 0 Å². The van der Waals surface area contributed by atoms with Gasteiger partial charge >= 0.3 is 0 Å². The number of nitrogen functional groups attached to an aromatic ring is 1. The summed E-state index contributed by atoms with van der Waals surface area (Å²) in [7, 11) is 0. The molecule has 0 atom stereocenters. The molecule has 0 aliphatic carbocycles. The highest BCUT2D eigenvalue weighted by Crippen LogP contribution is 2.18. The predicted octanol–water partition coefficient (Wildman–Crippen LogP) is 1.46. The third-order valence-electron chi connectivity index (χ3n) is 2.75. The first-order valence-corrected chi connectivity index (χ1v) is 6.00. The maximum absolute atomic E-state index is 9.15. The fourth-order valence-corrected chi connectivity index (χ4v) is 1.92. The molecule has 0 aromatic carbocycles. The number of hydrogen-bond donors (Lipinski definition) is 2. The molecule has 0 spiro atoms. The van der Waals surface area contributed by atoms with Gasteiger partial charge in [0.1, 0.15) is 6.07 Å². The molecule has 19 heavy (non-hydrogen) atoms. The van der Waals surface area contributed by atoms with Crippen molar-refractivity contribution in [1.82, 2.24) is 14.8 Å². The summed E-state index contributed by atoms with van der Waals surface area (Å²) in [6.45, 7) is 5.10. The summed E-state index contributed by atoms with van der Waals surface area (Å²) in [4.78, 5) is 4.28. The molecule has 0 unspecified atom stereocenters. The van der Waals surface area contributed by atoms with Crippen LogP contribution in [-0.2, 0) is 6.54 Å². The van der Waals surface area contributed by atoms with E-state index in [2.05, 4.69) is 21.5 Å². The molecule has 0 saturated heterocycles. The van der Waals surface area contributed by atoms with Crippen molar-refractivity contribution in [3.8, 4) is 6.07 Å². The molecule has 0 fully saturated rings. The molecule has 0 saturated carbocycles. The van der Waals surface area contributed by atoms with Gasteiger partial charge in [0, 0.05) is 18.4 Å². The quantitative estimate of drug-likeness (QED) is 0.864. The summed E-state index contributed by atoms with van der Waals surface area (Å²) in [5.41, 5.74) is 9.27. The lowest BCUT2D eigenvalue weighted by atomic mass is 10.1. The Bertz CT molecular complexity index is 623. The first kappa shape index (κ1) is 12.9. The summed E-state index contributed by atoms with van der Waals surface area (Å²) in [5, 5.41) is 16.5. The fourth-order valence-electron chi connectivity index (χ4n) is 1.92. The van der Waals surface area contributed by atoms with Crippen LogP contribution in [0.2, 0.25) is 0 Å². The zero-order valence-electron chi connectivity index (χ0n) is 11.0. The lowest BCUT2D eigenvalue weighted by Gasteiger charge is -2.10. The van der Waals surface area contributed by atoms with Gasteiger partial charge in [0.2, 0.25) is 0 Å². The SMILES string of the molecule is Cc1cc(NCCn2cc(N)cn2)c(C#N)c(C)n1. The second-order valence-electron chi connectivity index (χ2n) is 4.35. The van der Waals surface area contributed by atoms with Crippen molar-refractivity contribution in [2.45, 2.75) is 20.4 Å². The van der Waals surface area contributed by atoms with Gasteiger partial charge in [0.15, 0.2) is 0 Å². The number of anilines is 2. The summed E-state index contributed by atoms with van der Waals surface area (Å²) in [6.07, 6.45) is 3.39. The highest BCUT2D eigenvalue weighted by molar-refractivity contribution is 5.59. The van der Waals surface area contributed by atoms with Gasteiger partial charge in [0.05, 0.1) is 35.4 Å². The van der Waals surface area contributed by atoms with Gasteiger partial charge in [-0.25, -0.2) is 0 Å². The lowest BCUT2D eigenvalue weighted by Crippen LogP contribution is -2.12. The Hall–Kier alpha value is -2.55. The number of aryl methyl sites for hydroxylation is 2. The number of rotatable bonds is 4. The van der Waals surface area contributed by atoms with Crippen molar-refractivity contribution in [1.29, 1.82) is 5.26 Å². The van der Waals surface area contributed by atoms with E-state index in [1.54, 1.807) is 17.1 Å². The van der Waals surface area contributed by atoms with E-state index in [1.165, 1.54) is 0 Å². The fraction of sp³-hybridized carbons (Fsp3) is 0.308. The largest absolute Gasteiger partial charge is 0.396 e. The van der Waals surface area contributed by atoms with E-state index in [0.29, 0.717) is 24.3 Å². The van der Waals surface area contributed by atoms with Gasteiger partial charge in [-0.3, -0.25) is 9.67 Å². The van der Waals surface area contributed by atoms with Crippen molar-refractivity contribution >= 4 is 11.4 Å². The maximum atomic E-state index is 9.15. The predicted molar refractivity (Wildman–Crippen MR) is 73.6 cm³/mol. The number of hydrogen-bond acceptors (Lipinski definition) is 5. The molecule has 0 bridgehead atoms. The Labute approximate surface area is 111 Å². The van der Waals surface area contributed by atoms with E-state index in [1.807, 2.05) is 19.9 Å². The van der Waals surface area contributed by atoms with Crippen LogP contribution in [0.1, 0.15) is 17.0 Å². The Kier molecular flexibility index (Phi) is 3.66. The number of nitrogens with two attached hydrogens (primary N) is 1. The summed E-state index contributed by atoms with van der Waals surface area (Å²) in [6, 6.07) is 4.05. The first-order valence-electron chi connectivity index (χ1n) is 6.00. The van der Waals surface area contributed by atoms with Crippen LogP contribution < -0.4 is 11.1 Å². The Morgan fingerprint density at radius 2 is 2.26 bits per heavy atom. The number of nitrogens with one attached hydrogen (secondary N) is 1. The van der Waals surface area contributed by atoms with Crippen LogP contribution in [0.4, 0.5) is 11.4 Å². The minimum atomic E-state index is 0.588. The average molecular weight is 256 g/mol. The van der Waals surface area contributed by atoms with Gasteiger partial charge in [-0.15, -0.1) is 0 Å². The molecule has 98 valence electrons. The van der Waals surface area contributed by atoms with E-state index >= 15 is 0 Å². The molecular weight excluding hydrogens is 240 g/mol. The molecule has 0 radical (unpaired) electrons. The van der Waals surface area contributed by atoms with Crippen molar-refractivity contribution in [3.05, 3.63) is 35.4 Å². The Morgan fingerprint density at radius 1 is 1.47 bits per heavy atom. The van der Waals surface area contributed by atoms with Crippen molar-refractivity contribution in [3.63, 3.8) is 0 Å². The maximum Gasteiger partial charge on any atom is 0.103 e. The smallest absolute Gasteiger partial charge is 0.103 e. The van der Waals surface area contributed by atoms with Crippen LogP contribution in [0, 0.1) is 25.2 Å². The Morgan fingerprint density at radius 3 is 2.89 bits per heavy atom. The third kappa shape index (κ3) is 3.01. The first-order chi connectivity index (χ1) is 9.10. The summed E-state index contributed by atoms with van der Waals surface area (Å²) in [5.74, 6) is 0. The highest BCUT2D eigenvalue weighted by atomic mass is 15.3. The minimum Gasteiger partial charge on any atom is -0.396 e. The van der Waals surface area contributed by atoms with Crippen molar-refractivity contribution in [2.24, 2.45) is 0 Å². The van der Waals surface area contributed by atoms with Crippen LogP contribution in [0.3, 0.4) is 0 Å². The van der Waals surface area contributed by atoms with Crippen molar-refractivity contribution in [2.75, 3.05) is 17.6 Å². The molecule has 6 heteroatoms. The monoisotopic (exact) mass is 256 g/mol. The standard InChI is InChI=1S/C13H16N6/c1-9-5-13(12(6-14)10(2)18-9)16-3-4-19-8-11(15)7-17-19/h5,7-8H,3-4,15H2,1-2H3,(H,16,18). The number of aromatic nitrogens is 3. The van der Waals surface area contributed by atoms with Gasteiger partial charge in [-0.1, -0.05) is 0 Å². The number of nitriles is 1. The topological polar surface area (TPSA) is 92.5 Å². The summed E-state index contributed by atoms with van der Waals surface area (Å²) >= 11 is 0. The minimum absolute atomic E-state index is 0.588. The van der Waals surface area contributed by atoms with Crippen LogP contribution in [0.25, 0.3) is 0 Å². The zero-order chi connectivity index (χ0) is 13.8. The average Bonchev–Trinajstić information content (AvgIpc) is 2.74. The Balaban J connectivity index is 2.05. The lowest BCUT2D eigenvalue weighted by molar-refractivity contribution is 0.638. The van der Waals surface area contributed by atoms with E-state index in [0.717, 1.165) is 17.1 Å². The molecule has 2 rings (SSSR count). The van der Waals surface area contributed by atoms with Crippen LogP contribution in [0.5, 0.6) is 0 Å². The molecule has 2 aromatic rings. The molecular formula is C13H16N6. The van der Waals surface area contributed by atoms with Gasteiger partial charge < -0.3 is 11.1 Å². The second-order valence-corrected chi connectivity index (χ2v) is 4.35. The van der Waals surface area contributed by atoms with Gasteiger partial charge in [0.25, 0.3) is 0 Å². The van der Waals surface area contributed by atoms with Gasteiger partial charge in [-0.2, -0.15) is 10.4 Å². The van der Waals surface area contributed by atoms with E-state index in [-0.39, 0.29) is 0 Å². The normalized spacial score (nSPS) is 10.2. The van der Waals surface area contributed by atoms with Crippen molar-refractivity contribution < 1.29 is 0 Å². The zero-order valence-corrected chi connectivity index (χ0v) is 11.0. The molecule has 2 heterocycles. The van der Waals surface area contributed by atoms with Crippen LogP contribution in [0.15, 0.2) is 18.5 Å².